The molecule has 0 spiro atoms. The number of imide groups is 1. The highest BCUT2D eigenvalue weighted by Crippen LogP contribution is 2.59. The lowest BCUT2D eigenvalue weighted by Crippen LogP contribution is -2.63. The summed E-state index contributed by atoms with van der Waals surface area (Å²) >= 11 is 0. The van der Waals surface area contributed by atoms with Crippen LogP contribution in [0, 0.1) is 28.9 Å². The minimum atomic E-state index is -0.808. The average molecular weight is 905 g/mol. The minimum Gasteiger partial charge on any atom is -0.496 e. The molecular weight excluding hydrogens is 843 g/mol. The van der Waals surface area contributed by atoms with Gasteiger partial charge in [0.05, 0.1) is 29.9 Å². The zero-order chi connectivity index (χ0) is 45.9. The number of hydrogen-bond acceptors (Lipinski definition) is 9. The number of nitrogens with zero attached hydrogens (tertiary/aromatic N) is 6. The number of carbonyl (C=O) groups excluding carboxylic acids is 4. The first-order valence-corrected chi connectivity index (χ1v) is 24.2. The first-order chi connectivity index (χ1) is 32.0. The molecule has 0 aliphatic carbocycles. The van der Waals surface area contributed by atoms with Crippen molar-refractivity contribution in [2.24, 2.45) is 17.3 Å². The smallest absolute Gasteiger partial charge is 0.255 e. The fourth-order valence-corrected chi connectivity index (χ4v) is 12.2. The summed E-state index contributed by atoms with van der Waals surface area (Å²) in [6, 6.07) is 13.0. The number of hydrogen-bond donors (Lipinski definition) is 2. The molecule has 7 heterocycles. The van der Waals surface area contributed by atoms with Crippen LogP contribution in [0.4, 0.5) is 25.8 Å². The molecule has 0 unspecified atom stereocenters. The lowest BCUT2D eigenvalue weighted by Gasteiger charge is -2.56. The number of rotatable bonds is 12. The Hall–Kier alpha value is -5.54. The number of aromatic amines is 1. The second-order valence-electron chi connectivity index (χ2n) is 19.5. The normalized spacial score (nSPS) is 23.5. The first-order valence-electron chi connectivity index (χ1n) is 24.2. The summed E-state index contributed by atoms with van der Waals surface area (Å²) in [5.74, 6) is -0.119. The molecular formula is C51H62F2N8O5. The van der Waals surface area contributed by atoms with E-state index in [0.29, 0.717) is 65.6 Å². The predicted octanol–water partition coefficient (Wildman–Crippen LogP) is 6.86. The maximum absolute atomic E-state index is 16.4. The Morgan fingerprint density at radius 3 is 2.06 bits per heavy atom. The molecule has 6 aliphatic heterocycles. The molecule has 350 valence electrons. The fourth-order valence-electron chi connectivity index (χ4n) is 12.2. The Labute approximate surface area is 385 Å². The van der Waals surface area contributed by atoms with Crippen molar-refractivity contribution >= 4 is 51.6 Å². The Morgan fingerprint density at radius 2 is 1.42 bits per heavy atom. The van der Waals surface area contributed by atoms with Gasteiger partial charge in [-0.2, -0.15) is 0 Å². The van der Waals surface area contributed by atoms with Crippen molar-refractivity contribution in [3.8, 4) is 5.75 Å². The van der Waals surface area contributed by atoms with Crippen molar-refractivity contribution in [1.82, 2.24) is 25.0 Å². The van der Waals surface area contributed by atoms with Crippen molar-refractivity contribution in [2.45, 2.75) is 83.8 Å². The van der Waals surface area contributed by atoms with Gasteiger partial charge >= 0.3 is 0 Å². The van der Waals surface area contributed by atoms with Crippen LogP contribution in [0.5, 0.6) is 5.75 Å². The number of halogens is 2. The first kappa shape index (κ1) is 44.3. The highest BCUT2D eigenvalue weighted by atomic mass is 19.1. The van der Waals surface area contributed by atoms with Gasteiger partial charge in [0.2, 0.25) is 17.7 Å². The number of carbonyl (C=O) groups is 4. The molecule has 10 rings (SSSR count). The molecule has 4 aromatic rings. The van der Waals surface area contributed by atoms with Gasteiger partial charge in [0, 0.05) is 118 Å². The molecule has 4 amide bonds. The van der Waals surface area contributed by atoms with Gasteiger partial charge in [-0.3, -0.25) is 29.4 Å². The van der Waals surface area contributed by atoms with E-state index in [1.165, 1.54) is 17.0 Å². The third-order valence-corrected chi connectivity index (χ3v) is 16.1. The molecule has 2 N–H and O–H groups in total. The van der Waals surface area contributed by atoms with Crippen LogP contribution in [0.15, 0.2) is 54.7 Å². The van der Waals surface area contributed by atoms with E-state index in [0.717, 1.165) is 108 Å². The summed E-state index contributed by atoms with van der Waals surface area (Å²) in [5, 5.41) is 3.00. The molecule has 2 atom stereocenters. The summed E-state index contributed by atoms with van der Waals surface area (Å²) in [5.41, 5.74) is 3.92. The van der Waals surface area contributed by atoms with E-state index < -0.39 is 23.3 Å². The molecule has 5 saturated heterocycles. The van der Waals surface area contributed by atoms with Crippen LogP contribution < -0.4 is 24.8 Å². The number of β-lactam (4-membered cyclic amide) rings is 1. The number of piperidine rings is 3. The van der Waals surface area contributed by atoms with Crippen LogP contribution in [0.25, 0.3) is 10.9 Å². The van der Waals surface area contributed by atoms with Crippen molar-refractivity contribution in [3.05, 3.63) is 83.1 Å². The number of nitrogens with one attached hydrogen (secondary N) is 2. The van der Waals surface area contributed by atoms with Crippen LogP contribution >= 0.6 is 0 Å². The molecule has 0 radical (unpaired) electrons. The molecule has 6 aliphatic rings. The van der Waals surface area contributed by atoms with Crippen molar-refractivity contribution in [2.75, 3.05) is 87.3 Å². The van der Waals surface area contributed by atoms with Crippen molar-refractivity contribution in [1.29, 1.82) is 0 Å². The Balaban J connectivity index is 0.700. The zero-order valence-electron chi connectivity index (χ0n) is 38.4. The van der Waals surface area contributed by atoms with E-state index in [9.17, 15) is 19.2 Å². The van der Waals surface area contributed by atoms with Gasteiger partial charge in [0.25, 0.3) is 5.91 Å². The SMILES string of the molecule is CCC1(CC)C(=O)N(c2c(F)ccc3[nH]ccc23)[C@H]1c1cc(F)c(N2CCC(CN3CCN(CC4CCN(c5ccc6c(c5)CN([C@H]5CCC(=O)NC5=O)C6=O)CC4)CC3)CC2)cc1OC. The monoisotopic (exact) mass is 904 g/mol. The molecule has 0 bridgehead atoms. The van der Waals surface area contributed by atoms with Crippen LogP contribution in [0.3, 0.4) is 0 Å². The number of aromatic nitrogens is 1. The number of H-pyrrole nitrogens is 1. The van der Waals surface area contributed by atoms with Crippen LogP contribution in [-0.2, 0) is 20.9 Å². The number of ether oxygens (including phenoxy) is 1. The Morgan fingerprint density at radius 1 is 0.758 bits per heavy atom. The van der Waals surface area contributed by atoms with E-state index >= 15 is 8.78 Å². The van der Waals surface area contributed by atoms with E-state index in [1.54, 1.807) is 36.4 Å². The molecule has 15 heteroatoms. The molecule has 5 fully saturated rings. The minimum absolute atomic E-state index is 0.136. The maximum atomic E-state index is 16.4. The third-order valence-electron chi connectivity index (χ3n) is 16.1. The number of fused-ring (bicyclic) bond motifs is 2. The number of benzene rings is 3. The van der Waals surface area contributed by atoms with Crippen molar-refractivity contribution in [3.63, 3.8) is 0 Å². The van der Waals surface area contributed by atoms with Gasteiger partial charge in [-0.1, -0.05) is 13.8 Å². The number of anilines is 3. The van der Waals surface area contributed by atoms with Gasteiger partial charge < -0.3 is 34.2 Å². The topological polar surface area (TPSA) is 125 Å². The number of amides is 4. The fraction of sp³-hybridized carbons (Fsp3) is 0.529. The van der Waals surface area contributed by atoms with Gasteiger partial charge in [-0.25, -0.2) is 8.78 Å². The largest absolute Gasteiger partial charge is 0.496 e. The number of piperazine rings is 1. The Kier molecular flexibility index (Phi) is 12.0. The highest BCUT2D eigenvalue weighted by Gasteiger charge is 2.61. The standard InChI is InChI=1S/C51H62F2N8O5/c1-4-51(5-2)47(61(50(51)65)46-37-12-17-54-41(37)9-8-39(46)52)38-27-40(53)43(28-44(38)66-3)59-20-15-33(16-21-59)30-57-24-22-56(23-25-57)29-32-13-18-58(19-14-32)35-6-7-36-34(26-35)31-60(49(36)64)42-10-11-45(62)55-48(42)63/h6-9,12,17,26-28,32-33,42,47,54H,4-5,10-11,13-16,18-25,29-31H2,1-3H3,(H,55,62,63)/t42-,47-/m0/s1. The van der Waals surface area contributed by atoms with Gasteiger partial charge in [0.15, 0.2) is 0 Å². The second-order valence-corrected chi connectivity index (χ2v) is 19.5. The van der Waals surface area contributed by atoms with Crippen molar-refractivity contribution < 1.29 is 32.7 Å². The van der Waals surface area contributed by atoms with E-state index in [1.807, 2.05) is 26.0 Å². The van der Waals surface area contributed by atoms with Crippen LogP contribution in [0.1, 0.15) is 92.7 Å². The molecule has 3 aromatic carbocycles. The second kappa shape index (κ2) is 17.9. The molecule has 0 saturated carbocycles. The Bertz CT molecular complexity index is 2520. The quantitative estimate of drug-likeness (QED) is 0.116. The van der Waals surface area contributed by atoms with E-state index in [2.05, 4.69) is 36.0 Å². The molecule has 1 aromatic heterocycles. The van der Waals surface area contributed by atoms with Crippen LogP contribution in [0.2, 0.25) is 0 Å². The van der Waals surface area contributed by atoms with E-state index in [-0.39, 0.29) is 41.6 Å². The molecule has 13 nitrogen and oxygen atoms in total. The number of methoxy groups -OCH3 is 1. The lowest BCUT2D eigenvalue weighted by atomic mass is 9.63. The van der Waals surface area contributed by atoms with Gasteiger partial charge in [-0.15, -0.1) is 0 Å². The average Bonchev–Trinajstić information content (AvgIpc) is 3.94. The summed E-state index contributed by atoms with van der Waals surface area (Å²) < 4.78 is 38.0. The van der Waals surface area contributed by atoms with E-state index in [4.69, 9.17) is 4.74 Å². The summed E-state index contributed by atoms with van der Waals surface area (Å²) in [6.45, 7) is 14.2. The third kappa shape index (κ3) is 7.78. The zero-order valence-corrected chi connectivity index (χ0v) is 38.4. The van der Waals surface area contributed by atoms with Gasteiger partial charge in [0.1, 0.15) is 23.4 Å². The lowest BCUT2D eigenvalue weighted by molar-refractivity contribution is -0.141. The summed E-state index contributed by atoms with van der Waals surface area (Å²) in [4.78, 5) is 67.4. The molecule has 66 heavy (non-hydrogen) atoms. The maximum Gasteiger partial charge on any atom is 0.255 e. The van der Waals surface area contributed by atoms with Crippen LogP contribution in [-0.4, -0.2) is 122 Å². The predicted molar refractivity (Wildman–Crippen MR) is 250 cm³/mol. The highest BCUT2D eigenvalue weighted by molar-refractivity contribution is 6.11. The van der Waals surface area contributed by atoms with Gasteiger partial charge in [-0.05, 0) is 105 Å². The summed E-state index contributed by atoms with van der Waals surface area (Å²) in [7, 11) is 1.58. The summed E-state index contributed by atoms with van der Waals surface area (Å²) in [6.07, 6.45) is 7.60.